The third-order valence-electron chi connectivity index (χ3n) is 3.25. The predicted octanol–water partition coefficient (Wildman–Crippen LogP) is 3.35. The average molecular weight is 421 g/mol. The van der Waals surface area contributed by atoms with Crippen LogP contribution in [0.25, 0.3) is 0 Å². The maximum Gasteiger partial charge on any atom is 0.329 e. The molecule has 0 aliphatic rings. The first-order valence-corrected chi connectivity index (χ1v) is 9.19. The Balaban J connectivity index is 2.80. The molecule has 26 heavy (non-hydrogen) atoms. The van der Waals surface area contributed by atoms with Crippen molar-refractivity contribution < 1.29 is 17.7 Å². The Morgan fingerprint density at radius 2 is 2.00 bits per heavy atom. The lowest BCUT2D eigenvalue weighted by Gasteiger charge is -2.15. The number of nitrogens with zero attached hydrogens (tertiary/aromatic N) is 4. The summed E-state index contributed by atoms with van der Waals surface area (Å²) in [5.74, 6) is -1.09. The van der Waals surface area contributed by atoms with Crippen LogP contribution >= 0.6 is 23.2 Å². The molecule has 138 valence electrons. The monoisotopic (exact) mass is 420 g/mol. The molecular weight excluding hydrogens is 410 g/mol. The minimum Gasteiger partial charge on any atom is -0.299 e. The van der Waals surface area contributed by atoms with E-state index in [1.54, 1.807) is 0 Å². The standard InChI is InChI=1S/C14H11Cl2FN4O4S/c1-7-19-12(13(21(22)23)14(16)20-7)11(6-18-2)26(24,25)10-4-3-8(15)5-9(10)17/h3-6,11H,1-2H3/b18-6-. The third-order valence-corrected chi connectivity index (χ3v) is 5.71. The summed E-state index contributed by atoms with van der Waals surface area (Å²) in [5.41, 5.74) is -1.30. The molecule has 0 N–H and O–H groups in total. The second-order valence-electron chi connectivity index (χ2n) is 5.00. The van der Waals surface area contributed by atoms with Gasteiger partial charge in [0, 0.05) is 18.3 Å². The molecule has 0 spiro atoms. The highest BCUT2D eigenvalue weighted by Gasteiger charge is 2.38. The second kappa shape index (κ2) is 7.60. The molecule has 1 aromatic heterocycles. The van der Waals surface area contributed by atoms with Gasteiger partial charge in [0.15, 0.2) is 9.84 Å². The summed E-state index contributed by atoms with van der Waals surface area (Å²) in [6, 6.07) is 2.97. The fraction of sp³-hybridized carbons (Fsp3) is 0.214. The number of aryl methyl sites for hydroxylation is 1. The zero-order valence-corrected chi connectivity index (χ0v) is 15.7. The van der Waals surface area contributed by atoms with Crippen LogP contribution in [0.15, 0.2) is 28.1 Å². The van der Waals surface area contributed by atoms with Crippen molar-refractivity contribution in [2.45, 2.75) is 17.1 Å². The van der Waals surface area contributed by atoms with Gasteiger partial charge < -0.3 is 0 Å². The Kier molecular flexibility index (Phi) is 5.89. The molecule has 0 aliphatic carbocycles. The molecule has 1 heterocycles. The lowest BCUT2D eigenvalue weighted by Crippen LogP contribution is -2.20. The molecule has 0 aliphatic heterocycles. The van der Waals surface area contributed by atoms with E-state index in [2.05, 4.69) is 15.0 Å². The van der Waals surface area contributed by atoms with Crippen LogP contribution in [-0.4, -0.2) is 36.6 Å². The normalized spacial score (nSPS) is 13.1. The Bertz CT molecular complexity index is 1010. The second-order valence-corrected chi connectivity index (χ2v) is 7.83. The van der Waals surface area contributed by atoms with Crippen molar-refractivity contribution in [3.8, 4) is 0 Å². The molecule has 0 bridgehead atoms. The SMILES string of the molecule is C/N=C\C(c1nc(C)nc(Cl)c1[N+](=O)[O-])S(=O)(=O)c1ccc(Cl)cc1F. The van der Waals surface area contributed by atoms with E-state index in [0.29, 0.717) is 0 Å². The van der Waals surface area contributed by atoms with Crippen molar-refractivity contribution in [3.05, 3.63) is 55.8 Å². The Labute approximate surface area is 157 Å². The van der Waals surface area contributed by atoms with Crippen molar-refractivity contribution in [1.29, 1.82) is 0 Å². The van der Waals surface area contributed by atoms with Crippen LogP contribution in [-0.2, 0) is 9.84 Å². The van der Waals surface area contributed by atoms with Gasteiger partial charge in [-0.05, 0) is 25.1 Å². The quantitative estimate of drug-likeness (QED) is 0.316. The molecule has 0 saturated carbocycles. The van der Waals surface area contributed by atoms with Gasteiger partial charge in [-0.25, -0.2) is 22.8 Å². The minimum atomic E-state index is -4.49. The van der Waals surface area contributed by atoms with Gasteiger partial charge in [-0.1, -0.05) is 23.2 Å². The molecule has 0 fully saturated rings. The molecule has 1 unspecified atom stereocenters. The van der Waals surface area contributed by atoms with E-state index in [1.165, 1.54) is 20.0 Å². The first kappa shape index (κ1) is 20.1. The number of nitro groups is 1. The van der Waals surface area contributed by atoms with E-state index < -0.39 is 47.3 Å². The van der Waals surface area contributed by atoms with E-state index in [9.17, 15) is 22.9 Å². The van der Waals surface area contributed by atoms with Crippen molar-refractivity contribution in [1.82, 2.24) is 9.97 Å². The van der Waals surface area contributed by atoms with Crippen molar-refractivity contribution in [2.75, 3.05) is 7.05 Å². The third kappa shape index (κ3) is 3.81. The van der Waals surface area contributed by atoms with E-state index in [4.69, 9.17) is 23.2 Å². The first-order valence-electron chi connectivity index (χ1n) is 6.89. The molecule has 0 radical (unpaired) electrons. The van der Waals surface area contributed by atoms with Crippen molar-refractivity contribution in [2.24, 2.45) is 4.99 Å². The highest BCUT2D eigenvalue weighted by molar-refractivity contribution is 7.92. The Morgan fingerprint density at radius 3 is 2.54 bits per heavy atom. The fourth-order valence-corrected chi connectivity index (χ4v) is 4.25. The highest BCUT2D eigenvalue weighted by Crippen LogP contribution is 2.36. The smallest absolute Gasteiger partial charge is 0.299 e. The van der Waals surface area contributed by atoms with Crippen LogP contribution in [0.3, 0.4) is 0 Å². The largest absolute Gasteiger partial charge is 0.329 e. The number of aromatic nitrogens is 2. The van der Waals surface area contributed by atoms with Gasteiger partial charge in [-0.15, -0.1) is 0 Å². The number of rotatable bonds is 5. The number of halogens is 3. The summed E-state index contributed by atoms with van der Waals surface area (Å²) in [6.07, 6.45) is 0.911. The van der Waals surface area contributed by atoms with E-state index in [1.807, 2.05) is 0 Å². The maximum atomic E-state index is 14.2. The zero-order valence-electron chi connectivity index (χ0n) is 13.4. The number of aliphatic imine (C=N–C) groups is 1. The molecule has 1 atom stereocenters. The van der Waals surface area contributed by atoms with Crippen molar-refractivity contribution >= 4 is 44.9 Å². The van der Waals surface area contributed by atoms with Gasteiger partial charge in [-0.3, -0.25) is 15.1 Å². The van der Waals surface area contributed by atoms with Gasteiger partial charge in [0.05, 0.1) is 4.92 Å². The lowest BCUT2D eigenvalue weighted by molar-refractivity contribution is -0.386. The van der Waals surface area contributed by atoms with Gasteiger partial charge in [0.2, 0.25) is 5.15 Å². The van der Waals surface area contributed by atoms with E-state index >= 15 is 0 Å². The number of hydrogen-bond donors (Lipinski definition) is 0. The predicted molar refractivity (Wildman–Crippen MR) is 94.2 cm³/mol. The molecule has 2 rings (SSSR count). The molecule has 12 heteroatoms. The summed E-state index contributed by atoms with van der Waals surface area (Å²) in [7, 11) is -3.22. The van der Waals surface area contributed by atoms with E-state index in [-0.39, 0.29) is 10.8 Å². The topological polar surface area (TPSA) is 115 Å². The van der Waals surface area contributed by atoms with Crippen molar-refractivity contribution in [3.63, 3.8) is 0 Å². The van der Waals surface area contributed by atoms with Gasteiger partial charge in [-0.2, -0.15) is 0 Å². The van der Waals surface area contributed by atoms with Crippen LogP contribution in [0.1, 0.15) is 16.8 Å². The first-order chi connectivity index (χ1) is 12.1. The summed E-state index contributed by atoms with van der Waals surface area (Å²) in [4.78, 5) is 20.9. The average Bonchev–Trinajstić information content (AvgIpc) is 2.50. The van der Waals surface area contributed by atoms with Gasteiger partial charge in [0.25, 0.3) is 0 Å². The fourth-order valence-electron chi connectivity index (χ4n) is 2.20. The number of benzene rings is 1. The summed E-state index contributed by atoms with van der Waals surface area (Å²) < 4.78 is 40.1. The van der Waals surface area contributed by atoms with Crippen LogP contribution in [0.4, 0.5) is 10.1 Å². The molecule has 2 aromatic rings. The summed E-state index contributed by atoms with van der Waals surface area (Å²) in [5, 5.41) is 9.07. The van der Waals surface area contributed by atoms with Crippen LogP contribution in [0.2, 0.25) is 10.2 Å². The molecule has 1 aromatic carbocycles. The minimum absolute atomic E-state index is 0.00550. The molecule has 8 nitrogen and oxygen atoms in total. The zero-order chi connectivity index (χ0) is 19.6. The summed E-state index contributed by atoms with van der Waals surface area (Å²) >= 11 is 11.4. The highest BCUT2D eigenvalue weighted by atomic mass is 35.5. The van der Waals surface area contributed by atoms with Gasteiger partial charge in [0.1, 0.15) is 27.5 Å². The summed E-state index contributed by atoms with van der Waals surface area (Å²) in [6.45, 7) is 1.38. The Hall–Kier alpha value is -2.17. The number of sulfone groups is 1. The molecule has 0 amide bonds. The van der Waals surface area contributed by atoms with Gasteiger partial charge >= 0.3 is 5.69 Å². The molecular formula is C14H11Cl2FN4O4S. The number of hydrogen-bond acceptors (Lipinski definition) is 7. The lowest BCUT2D eigenvalue weighted by atomic mass is 10.2. The maximum absolute atomic E-state index is 14.2. The Morgan fingerprint density at radius 1 is 1.35 bits per heavy atom. The van der Waals surface area contributed by atoms with E-state index in [0.717, 1.165) is 18.3 Å². The van der Waals surface area contributed by atoms with Crippen LogP contribution < -0.4 is 0 Å². The van der Waals surface area contributed by atoms with Crippen LogP contribution in [0, 0.1) is 22.9 Å². The van der Waals surface area contributed by atoms with Crippen LogP contribution in [0.5, 0.6) is 0 Å². The molecule has 0 saturated heterocycles.